The lowest BCUT2D eigenvalue weighted by Gasteiger charge is -2.25. The molecule has 0 radical (unpaired) electrons. The topological polar surface area (TPSA) is 43.2 Å². The lowest BCUT2D eigenvalue weighted by Crippen LogP contribution is -2.26. The molecule has 0 unspecified atom stereocenters. The van der Waals surface area contributed by atoms with Crippen LogP contribution in [0.5, 0.6) is 0 Å². The van der Waals surface area contributed by atoms with Crippen molar-refractivity contribution in [2.24, 2.45) is 9.98 Å². The second-order valence-corrected chi connectivity index (χ2v) is 4.97. The van der Waals surface area contributed by atoms with Crippen molar-refractivity contribution in [2.75, 3.05) is 14.2 Å². The number of ether oxygens (including phenoxy) is 2. The molecule has 0 saturated carbocycles. The van der Waals surface area contributed by atoms with E-state index in [1.807, 2.05) is 60.7 Å². The van der Waals surface area contributed by atoms with Crippen LogP contribution < -0.4 is 0 Å². The van der Waals surface area contributed by atoms with Gasteiger partial charge in [0.05, 0.1) is 14.2 Å². The molecule has 0 aromatic heterocycles. The molecule has 2 aromatic rings. The Balaban J connectivity index is 2.02. The Bertz CT molecular complexity index is 619. The van der Waals surface area contributed by atoms with Gasteiger partial charge in [0, 0.05) is 0 Å². The number of rotatable bonds is 2. The molecule has 3 rings (SSSR count). The zero-order valence-electron chi connectivity index (χ0n) is 12.6. The maximum absolute atomic E-state index is 5.49. The highest BCUT2D eigenvalue weighted by Gasteiger charge is 2.30. The largest absolute Gasteiger partial charge is 0.482 e. The van der Waals surface area contributed by atoms with Crippen LogP contribution in [0.25, 0.3) is 0 Å². The minimum atomic E-state index is -0.263. The molecular weight excluding hydrogens is 276 g/mol. The van der Waals surface area contributed by atoms with E-state index in [1.165, 1.54) is 0 Å². The highest BCUT2D eigenvalue weighted by atomic mass is 16.5. The van der Waals surface area contributed by atoms with E-state index < -0.39 is 0 Å². The van der Waals surface area contributed by atoms with Crippen LogP contribution in [-0.2, 0) is 9.47 Å². The van der Waals surface area contributed by atoms with Gasteiger partial charge in [0.2, 0.25) is 11.8 Å². The summed E-state index contributed by atoms with van der Waals surface area (Å²) in [6.07, 6.45) is 0. The zero-order chi connectivity index (χ0) is 15.4. The van der Waals surface area contributed by atoms with Crippen LogP contribution in [0.1, 0.15) is 23.2 Å². The fraction of sp³-hybridized carbons (Fsp3) is 0.222. The van der Waals surface area contributed by atoms with E-state index in [-0.39, 0.29) is 12.1 Å². The maximum Gasteiger partial charge on any atom is 0.214 e. The molecule has 1 aliphatic heterocycles. The quantitative estimate of drug-likeness (QED) is 0.849. The molecule has 2 aromatic carbocycles. The van der Waals surface area contributed by atoms with Crippen LogP contribution in [0, 0.1) is 0 Å². The molecule has 0 N–H and O–H groups in total. The van der Waals surface area contributed by atoms with E-state index in [2.05, 4.69) is 0 Å². The molecule has 0 saturated heterocycles. The van der Waals surface area contributed by atoms with Gasteiger partial charge in [-0.15, -0.1) is 0 Å². The Morgan fingerprint density at radius 3 is 1.32 bits per heavy atom. The van der Waals surface area contributed by atoms with E-state index in [0.29, 0.717) is 11.8 Å². The molecule has 22 heavy (non-hydrogen) atoms. The van der Waals surface area contributed by atoms with Crippen LogP contribution in [0.2, 0.25) is 0 Å². The molecule has 1 heterocycles. The van der Waals surface area contributed by atoms with Crippen molar-refractivity contribution in [3.05, 3.63) is 71.8 Å². The Morgan fingerprint density at radius 1 is 0.636 bits per heavy atom. The minimum Gasteiger partial charge on any atom is -0.482 e. The standard InChI is InChI=1S/C18H18N2O2/c1-21-17-15(13-9-5-3-6-10-13)20-18(22-2)16(19-17)14-11-7-4-8-12-14/h3-12,15-16H,1-2H3/t15-,16-/m1/s1. The highest BCUT2D eigenvalue weighted by molar-refractivity contribution is 5.95. The normalized spacial score (nSPS) is 20.8. The van der Waals surface area contributed by atoms with Crippen molar-refractivity contribution < 1.29 is 9.47 Å². The molecule has 2 atom stereocenters. The van der Waals surface area contributed by atoms with Gasteiger partial charge in [-0.25, -0.2) is 9.98 Å². The van der Waals surface area contributed by atoms with E-state index >= 15 is 0 Å². The minimum absolute atomic E-state index is 0.263. The highest BCUT2D eigenvalue weighted by Crippen LogP contribution is 2.31. The van der Waals surface area contributed by atoms with Crippen molar-refractivity contribution >= 4 is 11.8 Å². The van der Waals surface area contributed by atoms with Gasteiger partial charge in [-0.05, 0) is 11.1 Å². The molecule has 0 fully saturated rings. The Kier molecular flexibility index (Phi) is 4.19. The second-order valence-electron chi connectivity index (χ2n) is 4.97. The van der Waals surface area contributed by atoms with Gasteiger partial charge < -0.3 is 9.47 Å². The summed E-state index contributed by atoms with van der Waals surface area (Å²) in [6.45, 7) is 0. The van der Waals surface area contributed by atoms with Gasteiger partial charge in [-0.2, -0.15) is 0 Å². The summed E-state index contributed by atoms with van der Waals surface area (Å²) >= 11 is 0. The van der Waals surface area contributed by atoms with E-state index in [9.17, 15) is 0 Å². The van der Waals surface area contributed by atoms with Crippen LogP contribution in [-0.4, -0.2) is 26.0 Å². The van der Waals surface area contributed by atoms with Crippen molar-refractivity contribution in [3.8, 4) is 0 Å². The van der Waals surface area contributed by atoms with E-state index in [0.717, 1.165) is 11.1 Å². The number of aliphatic imine (C=N–C) groups is 2. The zero-order valence-corrected chi connectivity index (χ0v) is 12.6. The van der Waals surface area contributed by atoms with Crippen LogP contribution in [0.3, 0.4) is 0 Å². The number of nitrogens with zero attached hydrogens (tertiary/aromatic N) is 2. The second kappa shape index (κ2) is 6.43. The summed E-state index contributed by atoms with van der Waals surface area (Å²) in [4.78, 5) is 9.44. The van der Waals surface area contributed by atoms with Crippen LogP contribution in [0.15, 0.2) is 70.6 Å². The molecular formula is C18H18N2O2. The summed E-state index contributed by atoms with van der Waals surface area (Å²) < 4.78 is 11.0. The van der Waals surface area contributed by atoms with Gasteiger partial charge in [0.25, 0.3) is 0 Å². The molecule has 0 spiro atoms. The van der Waals surface area contributed by atoms with Gasteiger partial charge >= 0.3 is 0 Å². The fourth-order valence-electron chi connectivity index (χ4n) is 2.54. The summed E-state index contributed by atoms with van der Waals surface area (Å²) in [6, 6.07) is 19.4. The third-order valence-electron chi connectivity index (χ3n) is 3.63. The molecule has 1 aliphatic rings. The summed E-state index contributed by atoms with van der Waals surface area (Å²) in [5.41, 5.74) is 2.06. The summed E-state index contributed by atoms with van der Waals surface area (Å²) in [5, 5.41) is 0. The Labute approximate surface area is 130 Å². The van der Waals surface area contributed by atoms with Crippen LogP contribution in [0.4, 0.5) is 0 Å². The SMILES string of the molecule is COC1=N[C@H](c2ccccc2)C(OC)=N[C@@H]1c1ccccc1. The van der Waals surface area contributed by atoms with Crippen LogP contribution >= 0.6 is 0 Å². The van der Waals surface area contributed by atoms with E-state index in [1.54, 1.807) is 14.2 Å². The first-order valence-corrected chi connectivity index (χ1v) is 7.16. The van der Waals surface area contributed by atoms with Gasteiger partial charge in [-0.3, -0.25) is 0 Å². The number of benzene rings is 2. The third kappa shape index (κ3) is 2.72. The van der Waals surface area contributed by atoms with Gasteiger partial charge in [-0.1, -0.05) is 60.7 Å². The fourth-order valence-corrected chi connectivity index (χ4v) is 2.54. The maximum atomic E-state index is 5.49. The first kappa shape index (κ1) is 14.3. The van der Waals surface area contributed by atoms with Gasteiger partial charge in [0.15, 0.2) is 12.1 Å². The van der Waals surface area contributed by atoms with Crippen molar-refractivity contribution in [3.63, 3.8) is 0 Å². The van der Waals surface area contributed by atoms with E-state index in [4.69, 9.17) is 19.5 Å². The molecule has 4 heteroatoms. The summed E-state index contributed by atoms with van der Waals surface area (Å²) in [7, 11) is 3.26. The average molecular weight is 294 g/mol. The smallest absolute Gasteiger partial charge is 0.214 e. The molecule has 0 aliphatic carbocycles. The molecule has 112 valence electrons. The lowest BCUT2D eigenvalue weighted by atomic mass is 10.0. The van der Waals surface area contributed by atoms with Gasteiger partial charge in [0.1, 0.15) is 0 Å². The predicted molar refractivity (Wildman–Crippen MR) is 87.3 cm³/mol. The molecule has 0 bridgehead atoms. The Hall–Kier alpha value is -2.62. The monoisotopic (exact) mass is 294 g/mol. The Morgan fingerprint density at radius 2 is 1.00 bits per heavy atom. The molecule has 0 amide bonds. The predicted octanol–water partition coefficient (Wildman–Crippen LogP) is 3.57. The number of hydrogen-bond donors (Lipinski definition) is 0. The lowest BCUT2D eigenvalue weighted by molar-refractivity contribution is 0.349. The third-order valence-corrected chi connectivity index (χ3v) is 3.63. The van der Waals surface area contributed by atoms with Crippen molar-refractivity contribution in [1.29, 1.82) is 0 Å². The summed E-state index contributed by atoms with van der Waals surface area (Å²) in [5.74, 6) is 1.20. The first-order chi connectivity index (χ1) is 10.8. The number of methoxy groups -OCH3 is 2. The average Bonchev–Trinajstić information content (AvgIpc) is 2.62. The van der Waals surface area contributed by atoms with Crippen molar-refractivity contribution in [1.82, 2.24) is 0 Å². The number of hydrogen-bond acceptors (Lipinski definition) is 4. The van der Waals surface area contributed by atoms with Crippen molar-refractivity contribution in [2.45, 2.75) is 12.1 Å². The first-order valence-electron chi connectivity index (χ1n) is 7.16. The molecule has 4 nitrogen and oxygen atoms in total.